The Bertz CT molecular complexity index is 859. The van der Waals surface area contributed by atoms with Gasteiger partial charge in [-0.3, -0.25) is 8.78 Å². The first-order chi connectivity index (χ1) is 14.5. The molecule has 2 aromatic carbocycles. The van der Waals surface area contributed by atoms with Crippen molar-refractivity contribution < 1.29 is 26.9 Å². The molecular formula is C20H21ClF3NO3S2. The van der Waals surface area contributed by atoms with Crippen LogP contribution in [0.3, 0.4) is 0 Å². The summed E-state index contributed by atoms with van der Waals surface area (Å²) in [6.07, 6.45) is 0.191. The highest BCUT2D eigenvalue weighted by molar-refractivity contribution is 8.12. The van der Waals surface area contributed by atoms with Crippen molar-refractivity contribution in [2.24, 2.45) is 0 Å². The van der Waals surface area contributed by atoms with E-state index in [4.69, 9.17) is 16.3 Å². The minimum absolute atomic E-state index is 0.0218. The molecule has 0 heterocycles. The number of benzene rings is 2. The van der Waals surface area contributed by atoms with E-state index in [2.05, 4.69) is 0 Å². The number of anilines is 1. The Morgan fingerprint density at radius 1 is 1.10 bits per heavy atom. The van der Waals surface area contributed by atoms with Crippen molar-refractivity contribution in [2.45, 2.75) is 19.4 Å². The van der Waals surface area contributed by atoms with Crippen LogP contribution in [0.5, 0.6) is 0 Å². The lowest BCUT2D eigenvalue weighted by molar-refractivity contribution is 0.0467. The van der Waals surface area contributed by atoms with Gasteiger partial charge in [-0.15, -0.1) is 0 Å². The molecule has 0 saturated carbocycles. The van der Waals surface area contributed by atoms with Crippen LogP contribution < -0.4 is 3.71 Å². The molecule has 10 heteroatoms. The maximum absolute atomic E-state index is 15.2. The summed E-state index contributed by atoms with van der Waals surface area (Å²) in [5.41, 5.74) is 0.0741. The second-order valence-corrected chi connectivity index (χ2v) is 9.10. The summed E-state index contributed by atoms with van der Waals surface area (Å²) in [5.74, 6) is -1.78. The van der Waals surface area contributed by atoms with Crippen molar-refractivity contribution >= 4 is 46.2 Å². The average molecular weight is 480 g/mol. The van der Waals surface area contributed by atoms with Crippen LogP contribution >= 0.6 is 23.5 Å². The first-order valence-electron chi connectivity index (χ1n) is 9.12. The normalized spacial score (nSPS) is 11.9. The van der Waals surface area contributed by atoms with Crippen molar-refractivity contribution in [3.05, 3.63) is 64.4 Å². The van der Waals surface area contributed by atoms with E-state index in [1.807, 2.05) is 6.07 Å². The van der Waals surface area contributed by atoms with Gasteiger partial charge >= 0.3 is 5.97 Å². The molecule has 1 atom stereocenters. The van der Waals surface area contributed by atoms with Crippen LogP contribution in [0.15, 0.2) is 42.5 Å². The topological polar surface area (TPSA) is 46.6 Å². The van der Waals surface area contributed by atoms with Crippen molar-refractivity contribution in [3.8, 4) is 0 Å². The summed E-state index contributed by atoms with van der Waals surface area (Å²) in [7, 11) is -1.79. The number of hydrogen-bond acceptors (Lipinski definition) is 4. The van der Waals surface area contributed by atoms with E-state index in [9.17, 15) is 17.8 Å². The number of alkyl halides is 2. The standard InChI is InChI=1S/C20H21ClF3NO3S2/c21-16-8-9-17(25(29-12-4-10-22)30(27)13-5-11-23)19(24)18(16)20(26)28-14-15-6-2-1-3-7-15/h1-3,6-9H,4-5,10-14H2. The van der Waals surface area contributed by atoms with Gasteiger partial charge in [-0.25, -0.2) is 17.1 Å². The van der Waals surface area contributed by atoms with E-state index in [-0.39, 0.29) is 41.7 Å². The number of nitrogens with zero attached hydrogens (tertiary/aromatic N) is 1. The summed E-state index contributed by atoms with van der Waals surface area (Å²) < 4.78 is 59.1. The van der Waals surface area contributed by atoms with Crippen LogP contribution in [0.4, 0.5) is 18.9 Å². The highest BCUT2D eigenvalue weighted by Gasteiger charge is 2.26. The van der Waals surface area contributed by atoms with Gasteiger partial charge < -0.3 is 4.74 Å². The zero-order valence-electron chi connectivity index (χ0n) is 16.0. The Morgan fingerprint density at radius 2 is 1.80 bits per heavy atom. The van der Waals surface area contributed by atoms with E-state index >= 15 is 4.39 Å². The predicted octanol–water partition coefficient (Wildman–Crippen LogP) is 5.67. The number of ether oxygens (including phenoxy) is 1. The number of carbonyl (C=O) groups is 1. The van der Waals surface area contributed by atoms with Crippen molar-refractivity contribution in [3.63, 3.8) is 0 Å². The van der Waals surface area contributed by atoms with Gasteiger partial charge in [-0.05, 0) is 42.5 Å². The number of esters is 1. The Balaban J connectivity index is 2.27. The molecule has 0 saturated heterocycles. The highest BCUT2D eigenvalue weighted by Crippen LogP contribution is 2.34. The van der Waals surface area contributed by atoms with Crippen LogP contribution in [0.2, 0.25) is 5.02 Å². The quantitative estimate of drug-likeness (QED) is 0.223. The SMILES string of the molecule is O=C(OCc1ccccc1)c1c(Cl)ccc(N(SCCCF)S(=O)CCCF)c1F. The van der Waals surface area contributed by atoms with Crippen LogP contribution in [-0.2, 0) is 22.3 Å². The van der Waals surface area contributed by atoms with E-state index < -0.39 is 41.7 Å². The Morgan fingerprint density at radius 3 is 2.47 bits per heavy atom. The number of halogens is 4. The Hall–Kier alpha value is -1.71. The molecule has 0 aliphatic rings. The molecule has 0 aromatic heterocycles. The van der Waals surface area contributed by atoms with Crippen molar-refractivity contribution in [1.29, 1.82) is 0 Å². The Kier molecular flexibility index (Phi) is 10.5. The Labute approximate surface area is 185 Å². The summed E-state index contributed by atoms with van der Waals surface area (Å²) in [6, 6.07) is 11.4. The maximum Gasteiger partial charge on any atom is 0.343 e. The number of carbonyl (C=O) groups excluding carboxylic acids is 1. The van der Waals surface area contributed by atoms with Gasteiger partial charge in [0, 0.05) is 11.5 Å². The molecule has 0 spiro atoms. The zero-order valence-corrected chi connectivity index (χ0v) is 18.4. The fraction of sp³-hybridized carbons (Fsp3) is 0.350. The summed E-state index contributed by atoms with van der Waals surface area (Å²) in [4.78, 5) is 12.5. The molecule has 0 aliphatic carbocycles. The molecule has 30 heavy (non-hydrogen) atoms. The summed E-state index contributed by atoms with van der Waals surface area (Å²) >= 11 is 6.98. The second-order valence-electron chi connectivity index (χ2n) is 6.02. The van der Waals surface area contributed by atoms with Gasteiger partial charge in [-0.1, -0.05) is 41.9 Å². The minimum atomic E-state index is -1.79. The monoisotopic (exact) mass is 479 g/mol. The molecule has 0 bridgehead atoms. The molecule has 0 amide bonds. The van der Waals surface area contributed by atoms with E-state index in [1.165, 1.54) is 12.1 Å². The smallest absolute Gasteiger partial charge is 0.343 e. The third-order valence-corrected chi connectivity index (χ3v) is 7.05. The lowest BCUT2D eigenvalue weighted by atomic mass is 10.2. The van der Waals surface area contributed by atoms with E-state index in [1.54, 1.807) is 24.3 Å². The van der Waals surface area contributed by atoms with Crippen molar-refractivity contribution in [1.82, 2.24) is 0 Å². The van der Waals surface area contributed by atoms with Gasteiger partial charge in [0.05, 0.1) is 24.1 Å². The number of rotatable bonds is 12. The molecule has 2 aromatic rings. The predicted molar refractivity (Wildman–Crippen MR) is 116 cm³/mol. The van der Waals surface area contributed by atoms with Gasteiger partial charge in [0.25, 0.3) is 0 Å². The molecule has 0 aliphatic heterocycles. The number of hydrogen-bond donors (Lipinski definition) is 0. The second kappa shape index (κ2) is 12.9. The molecule has 4 nitrogen and oxygen atoms in total. The van der Waals surface area contributed by atoms with E-state index in [0.717, 1.165) is 15.7 Å². The minimum Gasteiger partial charge on any atom is -0.457 e. The molecule has 0 N–H and O–H groups in total. The highest BCUT2D eigenvalue weighted by atomic mass is 35.5. The fourth-order valence-electron chi connectivity index (χ4n) is 2.37. The summed E-state index contributed by atoms with van der Waals surface area (Å²) in [5, 5.41) is -0.155. The largest absolute Gasteiger partial charge is 0.457 e. The van der Waals surface area contributed by atoms with Gasteiger partial charge in [-0.2, -0.15) is 0 Å². The lowest BCUT2D eigenvalue weighted by Gasteiger charge is -2.23. The lowest BCUT2D eigenvalue weighted by Crippen LogP contribution is -2.23. The summed E-state index contributed by atoms with van der Waals surface area (Å²) in [6.45, 7) is -1.33. The molecule has 2 rings (SSSR count). The van der Waals surface area contributed by atoms with Gasteiger partial charge in [0.2, 0.25) is 0 Å². The third kappa shape index (κ3) is 6.92. The van der Waals surface area contributed by atoms with Gasteiger partial charge in [0.15, 0.2) is 5.82 Å². The zero-order chi connectivity index (χ0) is 21.9. The first kappa shape index (κ1) is 24.6. The van der Waals surface area contributed by atoms with Crippen LogP contribution in [-0.4, -0.2) is 35.0 Å². The first-order valence-corrected chi connectivity index (χ1v) is 11.7. The van der Waals surface area contributed by atoms with Crippen molar-refractivity contribution in [2.75, 3.05) is 28.6 Å². The molecule has 164 valence electrons. The van der Waals surface area contributed by atoms with Crippen LogP contribution in [0.1, 0.15) is 28.8 Å². The molecular weight excluding hydrogens is 459 g/mol. The molecule has 1 unspecified atom stereocenters. The molecule has 0 fully saturated rings. The maximum atomic E-state index is 15.2. The fourth-order valence-corrected chi connectivity index (χ4v) is 5.07. The van der Waals surface area contributed by atoms with Crippen LogP contribution in [0, 0.1) is 5.82 Å². The average Bonchev–Trinajstić information content (AvgIpc) is 2.75. The van der Waals surface area contributed by atoms with Crippen LogP contribution in [0.25, 0.3) is 0 Å². The third-order valence-electron chi connectivity index (χ3n) is 3.81. The van der Waals surface area contributed by atoms with E-state index in [0.29, 0.717) is 5.56 Å². The van der Waals surface area contributed by atoms with Gasteiger partial charge in [0.1, 0.15) is 23.2 Å². The molecule has 0 radical (unpaired) electrons.